The van der Waals surface area contributed by atoms with Gasteiger partial charge in [0, 0.05) is 17.7 Å². The van der Waals surface area contributed by atoms with E-state index in [1.54, 1.807) is 0 Å². The van der Waals surface area contributed by atoms with Crippen LogP contribution in [0.1, 0.15) is 25.3 Å². The summed E-state index contributed by atoms with van der Waals surface area (Å²) >= 11 is 5.86. The first-order chi connectivity index (χ1) is 9.61. The molecule has 1 N–H and O–H groups in total. The Bertz CT molecular complexity index is 359. The Hall–Kier alpha value is -0.710. The van der Waals surface area contributed by atoms with Gasteiger partial charge in [-0.25, -0.2) is 8.78 Å². The highest BCUT2D eigenvalue weighted by atomic mass is 35.5. The van der Waals surface area contributed by atoms with Crippen LogP contribution in [0.3, 0.4) is 0 Å². The normalized spacial score (nSPS) is 12.8. The van der Waals surface area contributed by atoms with Crippen LogP contribution >= 0.6 is 11.6 Å². The van der Waals surface area contributed by atoms with Crippen LogP contribution in [-0.4, -0.2) is 32.2 Å². The van der Waals surface area contributed by atoms with Crippen molar-refractivity contribution in [2.75, 3.05) is 19.8 Å². The second-order valence-corrected chi connectivity index (χ2v) is 5.17. The summed E-state index contributed by atoms with van der Waals surface area (Å²) < 4.78 is 28.9. The van der Waals surface area contributed by atoms with E-state index in [0.717, 1.165) is 25.8 Å². The Balaban J connectivity index is 2.40. The lowest BCUT2D eigenvalue weighted by atomic mass is 10.0. The third-order valence-electron chi connectivity index (χ3n) is 2.93. The summed E-state index contributed by atoms with van der Waals surface area (Å²) in [5.41, 5.74) is 1.18. The summed E-state index contributed by atoms with van der Waals surface area (Å²) in [7, 11) is 0. The van der Waals surface area contributed by atoms with Crippen molar-refractivity contribution in [3.05, 3.63) is 34.9 Å². The van der Waals surface area contributed by atoms with Crippen molar-refractivity contribution < 1.29 is 13.5 Å². The molecule has 0 saturated carbocycles. The summed E-state index contributed by atoms with van der Waals surface area (Å²) in [6.45, 7) is 2.87. The molecule has 5 heteroatoms. The Morgan fingerprint density at radius 3 is 2.55 bits per heavy atom. The molecular formula is C15H22ClF2NO. The number of ether oxygens (including phenoxy) is 1. The lowest BCUT2D eigenvalue weighted by Crippen LogP contribution is -2.33. The maximum absolute atomic E-state index is 12.0. The Labute approximate surface area is 124 Å². The molecule has 0 amide bonds. The standard InChI is InChI=1S/C15H22ClF2NO/c1-2-8-19-14(7-9-20-11-15(17)18)10-12-3-5-13(16)6-4-12/h3-6,14-15,19H,2,7-11H2,1H3. The van der Waals surface area contributed by atoms with Gasteiger partial charge in [0.15, 0.2) is 0 Å². The minimum atomic E-state index is -2.40. The van der Waals surface area contributed by atoms with Gasteiger partial charge in [-0.15, -0.1) is 0 Å². The smallest absolute Gasteiger partial charge is 0.261 e. The van der Waals surface area contributed by atoms with E-state index in [2.05, 4.69) is 12.2 Å². The summed E-state index contributed by atoms with van der Waals surface area (Å²) in [4.78, 5) is 0. The molecule has 114 valence electrons. The molecule has 2 nitrogen and oxygen atoms in total. The number of nitrogens with one attached hydrogen (secondary N) is 1. The largest absolute Gasteiger partial charge is 0.375 e. The lowest BCUT2D eigenvalue weighted by molar-refractivity contribution is 0.0144. The van der Waals surface area contributed by atoms with Gasteiger partial charge in [-0.1, -0.05) is 30.7 Å². The summed E-state index contributed by atoms with van der Waals surface area (Å²) in [5.74, 6) is 0. The predicted octanol–water partition coefficient (Wildman–Crippen LogP) is 3.92. The molecule has 0 radical (unpaired) electrons. The van der Waals surface area contributed by atoms with E-state index in [-0.39, 0.29) is 6.04 Å². The average Bonchev–Trinajstić information content (AvgIpc) is 2.42. The first kappa shape index (κ1) is 17.3. The van der Waals surface area contributed by atoms with Crippen LogP contribution < -0.4 is 5.32 Å². The Morgan fingerprint density at radius 2 is 1.95 bits per heavy atom. The Morgan fingerprint density at radius 1 is 1.25 bits per heavy atom. The van der Waals surface area contributed by atoms with Crippen LogP contribution in [0.4, 0.5) is 8.78 Å². The second-order valence-electron chi connectivity index (χ2n) is 4.74. The van der Waals surface area contributed by atoms with E-state index in [1.807, 2.05) is 24.3 Å². The van der Waals surface area contributed by atoms with Crippen molar-refractivity contribution in [2.24, 2.45) is 0 Å². The van der Waals surface area contributed by atoms with E-state index < -0.39 is 13.0 Å². The molecule has 0 aliphatic heterocycles. The molecule has 0 aliphatic rings. The number of benzene rings is 1. The highest BCUT2D eigenvalue weighted by molar-refractivity contribution is 6.30. The van der Waals surface area contributed by atoms with Crippen molar-refractivity contribution in [3.8, 4) is 0 Å². The first-order valence-corrected chi connectivity index (χ1v) is 7.33. The van der Waals surface area contributed by atoms with Crippen molar-refractivity contribution in [1.29, 1.82) is 0 Å². The maximum Gasteiger partial charge on any atom is 0.261 e. The molecular weight excluding hydrogens is 284 g/mol. The molecule has 0 fully saturated rings. The molecule has 0 bridgehead atoms. The van der Waals surface area contributed by atoms with Crippen LogP contribution in [0.5, 0.6) is 0 Å². The van der Waals surface area contributed by atoms with Crippen molar-refractivity contribution in [1.82, 2.24) is 5.32 Å². The van der Waals surface area contributed by atoms with Crippen LogP contribution in [0, 0.1) is 0 Å². The van der Waals surface area contributed by atoms with Gasteiger partial charge in [0.05, 0.1) is 0 Å². The van der Waals surface area contributed by atoms with Crippen molar-refractivity contribution in [2.45, 2.75) is 38.7 Å². The van der Waals surface area contributed by atoms with E-state index in [9.17, 15) is 8.78 Å². The van der Waals surface area contributed by atoms with Gasteiger partial charge in [0.2, 0.25) is 0 Å². The molecule has 1 atom stereocenters. The summed E-state index contributed by atoms with van der Waals surface area (Å²) in [5, 5.41) is 4.14. The van der Waals surface area contributed by atoms with Crippen LogP contribution in [0.2, 0.25) is 5.02 Å². The zero-order valence-electron chi connectivity index (χ0n) is 11.7. The zero-order valence-corrected chi connectivity index (χ0v) is 12.5. The SMILES string of the molecule is CCCNC(CCOCC(F)F)Cc1ccc(Cl)cc1. The number of hydrogen-bond donors (Lipinski definition) is 1. The highest BCUT2D eigenvalue weighted by Crippen LogP contribution is 2.12. The van der Waals surface area contributed by atoms with Gasteiger partial charge in [-0.3, -0.25) is 0 Å². The van der Waals surface area contributed by atoms with E-state index in [0.29, 0.717) is 11.6 Å². The van der Waals surface area contributed by atoms with Gasteiger partial charge in [-0.05, 0) is 43.5 Å². The predicted molar refractivity (Wildman–Crippen MR) is 78.7 cm³/mol. The molecule has 0 saturated heterocycles. The molecule has 1 aromatic carbocycles. The molecule has 1 aromatic rings. The molecule has 0 spiro atoms. The van der Waals surface area contributed by atoms with Gasteiger partial charge < -0.3 is 10.1 Å². The molecule has 0 aliphatic carbocycles. The molecule has 20 heavy (non-hydrogen) atoms. The quantitative estimate of drug-likeness (QED) is 0.662. The van der Waals surface area contributed by atoms with Gasteiger partial charge in [-0.2, -0.15) is 0 Å². The minimum absolute atomic E-state index is 0.230. The van der Waals surface area contributed by atoms with Crippen molar-refractivity contribution >= 4 is 11.6 Å². The van der Waals surface area contributed by atoms with Crippen LogP contribution in [0.15, 0.2) is 24.3 Å². The fraction of sp³-hybridized carbons (Fsp3) is 0.600. The maximum atomic E-state index is 12.0. The fourth-order valence-electron chi connectivity index (χ4n) is 1.93. The number of halogens is 3. The van der Waals surface area contributed by atoms with E-state index >= 15 is 0 Å². The lowest BCUT2D eigenvalue weighted by Gasteiger charge is -2.18. The monoisotopic (exact) mass is 305 g/mol. The minimum Gasteiger partial charge on any atom is -0.375 e. The average molecular weight is 306 g/mol. The van der Waals surface area contributed by atoms with E-state index in [1.165, 1.54) is 5.56 Å². The number of rotatable bonds is 10. The third kappa shape index (κ3) is 7.78. The molecule has 0 aromatic heterocycles. The third-order valence-corrected chi connectivity index (χ3v) is 3.18. The zero-order chi connectivity index (χ0) is 14.8. The number of hydrogen-bond acceptors (Lipinski definition) is 2. The van der Waals surface area contributed by atoms with Crippen LogP contribution in [0.25, 0.3) is 0 Å². The second kappa shape index (κ2) is 10.1. The number of alkyl halides is 2. The molecule has 1 unspecified atom stereocenters. The Kier molecular flexibility index (Phi) is 8.74. The van der Waals surface area contributed by atoms with E-state index in [4.69, 9.17) is 16.3 Å². The fourth-order valence-corrected chi connectivity index (χ4v) is 2.05. The van der Waals surface area contributed by atoms with Crippen LogP contribution in [-0.2, 0) is 11.2 Å². The summed E-state index contributed by atoms with van der Waals surface area (Å²) in [6.07, 6.45) is 0.202. The first-order valence-electron chi connectivity index (χ1n) is 6.95. The topological polar surface area (TPSA) is 21.3 Å². The van der Waals surface area contributed by atoms with Gasteiger partial charge in [0.1, 0.15) is 6.61 Å². The molecule has 1 rings (SSSR count). The summed E-state index contributed by atoms with van der Waals surface area (Å²) in [6, 6.07) is 7.93. The highest BCUT2D eigenvalue weighted by Gasteiger charge is 2.10. The molecule has 0 heterocycles. The van der Waals surface area contributed by atoms with Gasteiger partial charge >= 0.3 is 0 Å². The van der Waals surface area contributed by atoms with Crippen molar-refractivity contribution in [3.63, 3.8) is 0 Å². The van der Waals surface area contributed by atoms with Gasteiger partial charge in [0.25, 0.3) is 6.43 Å².